The summed E-state index contributed by atoms with van der Waals surface area (Å²) in [6.07, 6.45) is 3.66. The van der Waals surface area contributed by atoms with Crippen molar-refractivity contribution in [3.63, 3.8) is 0 Å². The lowest BCUT2D eigenvalue weighted by atomic mass is 9.83. The molecule has 0 bridgehead atoms. The number of rotatable bonds is 4. The zero-order chi connectivity index (χ0) is 25.6. The van der Waals surface area contributed by atoms with Gasteiger partial charge in [0.1, 0.15) is 5.76 Å². The maximum Gasteiger partial charge on any atom is 0.271 e. The molecule has 7 rings (SSSR count). The van der Waals surface area contributed by atoms with E-state index in [9.17, 15) is 4.79 Å². The van der Waals surface area contributed by atoms with Gasteiger partial charge in [0, 0.05) is 21.0 Å². The zero-order valence-electron chi connectivity index (χ0n) is 20.1. The largest absolute Gasteiger partial charge is 0.450 e. The minimum atomic E-state index is -0.189. The van der Waals surface area contributed by atoms with Crippen molar-refractivity contribution in [2.45, 2.75) is 28.9 Å². The molecule has 1 atom stereocenters. The number of halogens is 1. The third kappa shape index (κ3) is 4.25. The quantitative estimate of drug-likeness (QED) is 0.228. The number of furan rings is 1. The molecule has 186 valence electrons. The van der Waals surface area contributed by atoms with Crippen LogP contribution in [0, 0.1) is 0 Å². The highest BCUT2D eigenvalue weighted by atomic mass is 79.9. The molecule has 2 aromatic heterocycles. The molecule has 0 fully saturated rings. The molecule has 0 unspecified atom stereocenters. The lowest BCUT2D eigenvalue weighted by Gasteiger charge is -2.30. The highest BCUT2D eigenvalue weighted by Crippen LogP contribution is 2.41. The number of hydrogen-bond donors (Lipinski definition) is 0. The summed E-state index contributed by atoms with van der Waals surface area (Å²) in [5.74, 6) is 0.656. The normalized spacial score (nSPS) is 16.6. The molecule has 5 aromatic rings. The highest BCUT2D eigenvalue weighted by Gasteiger charge is 2.32. The van der Waals surface area contributed by atoms with E-state index >= 15 is 0 Å². The van der Waals surface area contributed by atoms with Crippen LogP contribution in [0.1, 0.15) is 34.9 Å². The van der Waals surface area contributed by atoms with Crippen molar-refractivity contribution in [1.82, 2.24) is 4.57 Å². The summed E-state index contributed by atoms with van der Waals surface area (Å²) in [6, 6.07) is 30.5. The number of benzene rings is 3. The van der Waals surface area contributed by atoms with Gasteiger partial charge < -0.3 is 4.42 Å². The first-order valence-electron chi connectivity index (χ1n) is 12.4. The Morgan fingerprint density at radius 2 is 1.74 bits per heavy atom. The average Bonchev–Trinajstić information content (AvgIpc) is 3.52. The van der Waals surface area contributed by atoms with E-state index in [0.29, 0.717) is 10.3 Å². The summed E-state index contributed by atoms with van der Waals surface area (Å²) in [4.78, 5) is 20.8. The molecule has 0 spiro atoms. The minimum Gasteiger partial charge on any atom is -0.450 e. The van der Waals surface area contributed by atoms with Gasteiger partial charge in [-0.3, -0.25) is 9.36 Å². The van der Waals surface area contributed by atoms with Crippen molar-refractivity contribution in [1.29, 1.82) is 0 Å². The SMILES string of the molecule is O=c1/c(=C/c2ccc(Sc3ccccc3)o2)sc2n1[C@@H](c1ccc(Br)cc1)C1=C(N=2)c2ccccc2CC1. The number of nitrogens with zero attached hydrogens (tertiary/aromatic N) is 2. The van der Waals surface area contributed by atoms with Crippen LogP contribution in [0.2, 0.25) is 0 Å². The molecule has 3 aromatic carbocycles. The Morgan fingerprint density at radius 3 is 2.58 bits per heavy atom. The highest BCUT2D eigenvalue weighted by molar-refractivity contribution is 9.10. The standard InChI is InChI=1S/C31H21BrN2O2S2/c32-21-13-10-20(11-14-21)29-25-16-12-19-6-4-5-9-24(19)28(25)33-31-34(29)30(35)26(38-31)18-22-15-17-27(36-22)37-23-7-2-1-3-8-23/h1-11,13-15,17-18,29H,12,16H2/b26-18-/t29-/m0/s1. The average molecular weight is 598 g/mol. The fourth-order valence-corrected chi connectivity index (χ4v) is 7.21. The maximum absolute atomic E-state index is 13.9. The Hall–Kier alpha value is -3.39. The lowest BCUT2D eigenvalue weighted by molar-refractivity contribution is 0.466. The van der Waals surface area contributed by atoms with E-state index < -0.39 is 0 Å². The van der Waals surface area contributed by atoms with E-state index in [0.717, 1.165) is 43.4 Å². The monoisotopic (exact) mass is 596 g/mol. The number of aromatic nitrogens is 1. The predicted octanol–water partition coefficient (Wildman–Crippen LogP) is 6.83. The van der Waals surface area contributed by atoms with Crippen molar-refractivity contribution >= 4 is 50.8 Å². The van der Waals surface area contributed by atoms with Crippen LogP contribution in [-0.4, -0.2) is 4.57 Å². The van der Waals surface area contributed by atoms with Crippen molar-refractivity contribution in [3.8, 4) is 0 Å². The van der Waals surface area contributed by atoms with Gasteiger partial charge in [0.2, 0.25) is 0 Å². The summed E-state index contributed by atoms with van der Waals surface area (Å²) in [7, 11) is 0. The molecule has 0 radical (unpaired) electrons. The Balaban J connectivity index is 1.36. The maximum atomic E-state index is 13.9. The van der Waals surface area contributed by atoms with Crippen LogP contribution >= 0.6 is 39.0 Å². The van der Waals surface area contributed by atoms with Crippen LogP contribution in [0.5, 0.6) is 0 Å². The van der Waals surface area contributed by atoms with E-state index in [2.05, 4.69) is 52.3 Å². The number of hydrogen-bond acceptors (Lipinski definition) is 5. The van der Waals surface area contributed by atoms with Gasteiger partial charge in [-0.2, -0.15) is 0 Å². The molecule has 3 heterocycles. The van der Waals surface area contributed by atoms with Gasteiger partial charge in [-0.05, 0) is 65.9 Å². The number of allylic oxidation sites excluding steroid dienone is 1. The second-order valence-corrected chi connectivity index (χ2v) is 12.2. The van der Waals surface area contributed by atoms with Crippen molar-refractivity contribution < 1.29 is 4.42 Å². The van der Waals surface area contributed by atoms with Crippen LogP contribution < -0.4 is 14.9 Å². The third-order valence-electron chi connectivity index (χ3n) is 6.90. The van der Waals surface area contributed by atoms with Crippen LogP contribution in [0.3, 0.4) is 0 Å². The summed E-state index contributed by atoms with van der Waals surface area (Å²) < 4.78 is 9.56. The molecular weight excluding hydrogens is 576 g/mol. The van der Waals surface area contributed by atoms with E-state index in [1.807, 2.05) is 65.2 Å². The molecule has 1 aliphatic carbocycles. The van der Waals surface area contributed by atoms with Gasteiger partial charge in [0.25, 0.3) is 5.56 Å². The van der Waals surface area contributed by atoms with Gasteiger partial charge in [-0.15, -0.1) is 0 Å². The fraction of sp³-hybridized carbons (Fsp3) is 0.0968. The van der Waals surface area contributed by atoms with Crippen molar-refractivity contribution in [2.24, 2.45) is 4.99 Å². The van der Waals surface area contributed by atoms with Crippen LogP contribution in [-0.2, 0) is 6.42 Å². The Bertz CT molecular complexity index is 1880. The summed E-state index contributed by atoms with van der Waals surface area (Å²) in [5.41, 5.74) is 5.73. The Labute approximate surface area is 235 Å². The zero-order valence-corrected chi connectivity index (χ0v) is 23.4. The van der Waals surface area contributed by atoms with Crippen molar-refractivity contribution in [2.75, 3.05) is 0 Å². The molecule has 0 N–H and O–H groups in total. The Kier molecular flexibility index (Phi) is 6.07. The molecular formula is C31H21BrN2O2S2. The molecule has 4 nitrogen and oxygen atoms in total. The molecule has 1 aliphatic heterocycles. The Morgan fingerprint density at radius 1 is 0.947 bits per heavy atom. The topological polar surface area (TPSA) is 47.5 Å². The minimum absolute atomic E-state index is 0.0410. The summed E-state index contributed by atoms with van der Waals surface area (Å²) in [5, 5.41) is 0.787. The second-order valence-electron chi connectivity index (χ2n) is 9.24. The molecule has 0 saturated heterocycles. The van der Waals surface area contributed by atoms with E-state index in [-0.39, 0.29) is 11.6 Å². The lowest BCUT2D eigenvalue weighted by Crippen LogP contribution is -2.38. The molecule has 0 amide bonds. The molecule has 7 heteroatoms. The van der Waals surface area contributed by atoms with Gasteiger partial charge in [-0.25, -0.2) is 4.99 Å². The number of aryl methyl sites for hydroxylation is 1. The van der Waals surface area contributed by atoms with E-state index in [1.54, 1.807) is 11.8 Å². The fourth-order valence-electron chi connectivity index (χ4n) is 5.17. The second kappa shape index (κ2) is 9.73. The first-order valence-corrected chi connectivity index (χ1v) is 14.8. The summed E-state index contributed by atoms with van der Waals surface area (Å²) in [6.45, 7) is 0. The van der Waals surface area contributed by atoms with Gasteiger partial charge >= 0.3 is 0 Å². The first kappa shape index (κ1) is 23.7. The van der Waals surface area contributed by atoms with Crippen molar-refractivity contribution in [3.05, 3.63) is 143 Å². The molecule has 38 heavy (non-hydrogen) atoms. The van der Waals surface area contributed by atoms with E-state index in [4.69, 9.17) is 9.41 Å². The van der Waals surface area contributed by atoms with Crippen LogP contribution in [0.15, 0.2) is 125 Å². The molecule has 2 aliphatic rings. The third-order valence-corrected chi connectivity index (χ3v) is 9.34. The molecule has 0 saturated carbocycles. The smallest absolute Gasteiger partial charge is 0.271 e. The van der Waals surface area contributed by atoms with Crippen LogP contribution in [0.4, 0.5) is 0 Å². The number of thiazole rings is 1. The first-order chi connectivity index (χ1) is 18.6. The van der Waals surface area contributed by atoms with Gasteiger partial charge in [0.05, 0.1) is 16.3 Å². The van der Waals surface area contributed by atoms with Crippen LogP contribution in [0.25, 0.3) is 11.8 Å². The number of fused-ring (bicyclic) bond motifs is 3. The van der Waals surface area contributed by atoms with Gasteiger partial charge in [0.15, 0.2) is 9.89 Å². The van der Waals surface area contributed by atoms with Gasteiger partial charge in [-0.1, -0.05) is 93.6 Å². The summed E-state index contributed by atoms with van der Waals surface area (Å²) >= 11 is 6.54. The van der Waals surface area contributed by atoms with E-state index in [1.165, 1.54) is 28.0 Å². The predicted molar refractivity (Wildman–Crippen MR) is 156 cm³/mol.